The second kappa shape index (κ2) is 7.94. The highest BCUT2D eigenvalue weighted by molar-refractivity contribution is 8.06. The molecule has 1 saturated heterocycles. The topological polar surface area (TPSA) is 55.9 Å². The average Bonchev–Trinajstić information content (AvgIpc) is 2.81. The van der Waals surface area contributed by atoms with Gasteiger partial charge in [0.05, 0.1) is 16.4 Å². The van der Waals surface area contributed by atoms with E-state index in [9.17, 15) is 0 Å². The molecule has 0 saturated carbocycles. The summed E-state index contributed by atoms with van der Waals surface area (Å²) in [6.07, 6.45) is 1.71. The van der Waals surface area contributed by atoms with Gasteiger partial charge in [0.2, 0.25) is 0 Å². The molecule has 0 aliphatic carbocycles. The number of nitrogens with one attached hydrogen (secondary N) is 1. The number of hydrogen-bond acceptors (Lipinski definition) is 5. The summed E-state index contributed by atoms with van der Waals surface area (Å²) in [5.74, 6) is 9.38. The monoisotopic (exact) mass is 334 g/mol. The van der Waals surface area contributed by atoms with Gasteiger partial charge in [0.25, 0.3) is 0 Å². The van der Waals surface area contributed by atoms with Crippen molar-refractivity contribution in [1.29, 1.82) is 0 Å². The fourth-order valence-corrected chi connectivity index (χ4v) is 5.67. The van der Waals surface area contributed by atoms with E-state index < -0.39 is 0 Å². The second-order valence-corrected chi connectivity index (χ2v) is 7.71. The molecule has 2 heterocycles. The van der Waals surface area contributed by atoms with Crippen LogP contribution in [0.25, 0.3) is 0 Å². The van der Waals surface area contributed by atoms with Gasteiger partial charge in [0, 0.05) is 41.5 Å². The number of hydrogen-bond donors (Lipinski definition) is 2. The Balaban J connectivity index is 2.15. The maximum atomic E-state index is 6.48. The Bertz CT molecular complexity index is 432. The van der Waals surface area contributed by atoms with Crippen LogP contribution in [0.2, 0.25) is 5.02 Å². The van der Waals surface area contributed by atoms with Gasteiger partial charge in [-0.2, -0.15) is 28.6 Å². The van der Waals surface area contributed by atoms with Crippen molar-refractivity contribution in [2.24, 2.45) is 5.84 Å². The van der Waals surface area contributed by atoms with Crippen LogP contribution in [0.4, 0.5) is 0 Å². The molecule has 0 amide bonds. The third-order valence-electron chi connectivity index (χ3n) is 3.61. The minimum Gasteiger partial charge on any atom is -0.271 e. The van der Waals surface area contributed by atoms with E-state index >= 15 is 0 Å². The van der Waals surface area contributed by atoms with Gasteiger partial charge in [-0.3, -0.25) is 16.0 Å². The van der Waals surface area contributed by atoms with Crippen molar-refractivity contribution in [2.75, 3.05) is 17.3 Å². The Hall–Kier alpha value is 0.120. The van der Waals surface area contributed by atoms with Crippen LogP contribution >= 0.6 is 35.1 Å². The molecule has 1 aromatic heterocycles. The Labute approximate surface area is 134 Å². The largest absolute Gasteiger partial charge is 0.271 e. The maximum absolute atomic E-state index is 6.48. The first-order valence-corrected chi connectivity index (χ1v) is 9.68. The third-order valence-corrected chi connectivity index (χ3v) is 6.97. The van der Waals surface area contributed by atoms with Crippen LogP contribution in [0.5, 0.6) is 0 Å². The summed E-state index contributed by atoms with van der Waals surface area (Å²) >= 11 is 10.5. The summed E-state index contributed by atoms with van der Waals surface area (Å²) in [5.41, 5.74) is 5.10. The molecule has 7 heteroatoms. The number of rotatable bonds is 6. The first-order chi connectivity index (χ1) is 9.71. The van der Waals surface area contributed by atoms with Crippen LogP contribution in [0, 0.1) is 0 Å². The maximum Gasteiger partial charge on any atom is 0.0850 e. The van der Waals surface area contributed by atoms with E-state index in [0.29, 0.717) is 5.25 Å². The van der Waals surface area contributed by atoms with Crippen molar-refractivity contribution in [3.63, 3.8) is 0 Å². The van der Waals surface area contributed by atoms with Crippen molar-refractivity contribution in [1.82, 2.24) is 15.2 Å². The molecule has 1 aliphatic heterocycles. The molecule has 1 aromatic rings. The number of hydrazine groups is 1. The van der Waals surface area contributed by atoms with Crippen molar-refractivity contribution >= 4 is 35.1 Å². The number of thioether (sulfide) groups is 2. The van der Waals surface area contributed by atoms with Gasteiger partial charge >= 0.3 is 0 Å². The van der Waals surface area contributed by atoms with Gasteiger partial charge in [-0.1, -0.05) is 18.5 Å². The van der Waals surface area contributed by atoms with E-state index in [4.69, 9.17) is 17.4 Å². The van der Waals surface area contributed by atoms with Crippen molar-refractivity contribution < 1.29 is 0 Å². The Morgan fingerprint density at radius 3 is 2.85 bits per heavy atom. The molecule has 0 spiro atoms. The SMILES string of the molecule is CCc1nn(CC)c(CC(NN)C2CSCCS2)c1Cl. The first kappa shape index (κ1) is 16.5. The van der Waals surface area contributed by atoms with Crippen LogP contribution in [-0.4, -0.2) is 38.3 Å². The van der Waals surface area contributed by atoms with Crippen LogP contribution in [0.1, 0.15) is 25.2 Å². The molecular weight excluding hydrogens is 312 g/mol. The van der Waals surface area contributed by atoms with E-state index in [1.165, 1.54) is 11.5 Å². The van der Waals surface area contributed by atoms with Gasteiger partial charge in [-0.25, -0.2) is 0 Å². The average molecular weight is 335 g/mol. The minimum absolute atomic E-state index is 0.247. The summed E-state index contributed by atoms with van der Waals surface area (Å²) in [7, 11) is 0. The molecule has 2 unspecified atom stereocenters. The Morgan fingerprint density at radius 1 is 1.50 bits per heavy atom. The highest BCUT2D eigenvalue weighted by atomic mass is 35.5. The molecule has 2 rings (SSSR count). The Morgan fingerprint density at radius 2 is 2.30 bits per heavy atom. The van der Waals surface area contributed by atoms with Gasteiger partial charge in [-0.05, 0) is 13.3 Å². The number of nitrogens with two attached hydrogens (primary N) is 1. The van der Waals surface area contributed by atoms with Crippen LogP contribution in [0.15, 0.2) is 0 Å². The molecule has 20 heavy (non-hydrogen) atoms. The molecule has 114 valence electrons. The molecule has 0 radical (unpaired) electrons. The lowest BCUT2D eigenvalue weighted by Crippen LogP contribution is -2.46. The van der Waals surface area contributed by atoms with Crippen molar-refractivity contribution in [3.8, 4) is 0 Å². The highest BCUT2D eigenvalue weighted by Crippen LogP contribution is 2.30. The molecule has 1 fully saturated rings. The molecule has 4 nitrogen and oxygen atoms in total. The number of aryl methyl sites for hydroxylation is 2. The summed E-state index contributed by atoms with van der Waals surface area (Å²) < 4.78 is 2.02. The first-order valence-electron chi connectivity index (χ1n) is 7.10. The van der Waals surface area contributed by atoms with Crippen molar-refractivity contribution in [2.45, 2.75) is 44.5 Å². The normalized spacial score (nSPS) is 21.1. The zero-order chi connectivity index (χ0) is 14.5. The second-order valence-electron chi connectivity index (χ2n) is 4.84. The summed E-state index contributed by atoms with van der Waals surface area (Å²) in [6, 6.07) is 0.247. The van der Waals surface area contributed by atoms with Crippen molar-refractivity contribution in [3.05, 3.63) is 16.4 Å². The van der Waals surface area contributed by atoms with E-state index in [1.54, 1.807) is 0 Å². The minimum atomic E-state index is 0.247. The molecule has 3 N–H and O–H groups in total. The zero-order valence-corrected chi connectivity index (χ0v) is 14.5. The van der Waals surface area contributed by atoms with Gasteiger partial charge in [0.1, 0.15) is 0 Å². The lowest BCUT2D eigenvalue weighted by molar-refractivity contribution is 0.497. The summed E-state index contributed by atoms with van der Waals surface area (Å²) in [4.78, 5) is 0. The van der Waals surface area contributed by atoms with E-state index in [2.05, 4.69) is 24.4 Å². The molecule has 2 atom stereocenters. The highest BCUT2D eigenvalue weighted by Gasteiger charge is 2.26. The predicted octanol–water partition coefficient (Wildman–Crippen LogP) is 2.34. The standard InChI is InChI=1S/C13H23ClN4S2/c1-3-9-13(14)11(18(4-2)17-9)7-10(16-15)12-8-19-5-6-20-12/h10,12,16H,3-8,15H2,1-2H3. The quantitative estimate of drug-likeness (QED) is 0.617. The number of nitrogens with zero attached hydrogens (tertiary/aromatic N) is 2. The lowest BCUT2D eigenvalue weighted by atomic mass is 10.1. The number of aromatic nitrogens is 2. The summed E-state index contributed by atoms with van der Waals surface area (Å²) in [6.45, 7) is 5.03. The van der Waals surface area contributed by atoms with Gasteiger partial charge < -0.3 is 0 Å². The molecular formula is C13H23ClN4S2. The fraction of sp³-hybridized carbons (Fsp3) is 0.769. The Kier molecular flexibility index (Phi) is 6.55. The van der Waals surface area contributed by atoms with E-state index in [0.717, 1.165) is 41.5 Å². The van der Waals surface area contributed by atoms with Gasteiger partial charge in [0.15, 0.2) is 0 Å². The van der Waals surface area contributed by atoms with Gasteiger partial charge in [-0.15, -0.1) is 0 Å². The zero-order valence-electron chi connectivity index (χ0n) is 12.1. The molecule has 0 aromatic carbocycles. The van der Waals surface area contributed by atoms with E-state index in [-0.39, 0.29) is 6.04 Å². The predicted molar refractivity (Wildman–Crippen MR) is 90.7 cm³/mol. The molecule has 0 bridgehead atoms. The lowest BCUT2D eigenvalue weighted by Gasteiger charge is -2.29. The summed E-state index contributed by atoms with van der Waals surface area (Å²) in [5, 5.41) is 5.95. The van der Waals surface area contributed by atoms with E-state index in [1.807, 2.05) is 28.2 Å². The fourth-order valence-electron chi connectivity index (χ4n) is 2.46. The smallest absolute Gasteiger partial charge is 0.0850 e. The van der Waals surface area contributed by atoms with Crippen LogP contribution in [0.3, 0.4) is 0 Å². The molecule has 1 aliphatic rings. The van der Waals surface area contributed by atoms with Crippen LogP contribution < -0.4 is 11.3 Å². The number of halogens is 1. The van der Waals surface area contributed by atoms with Crippen LogP contribution in [-0.2, 0) is 19.4 Å². The third kappa shape index (κ3) is 3.65.